The highest BCUT2D eigenvalue weighted by atomic mass is 79.9. The van der Waals surface area contributed by atoms with Crippen LogP contribution >= 0.6 is 31.9 Å². The molecule has 5 nitrogen and oxygen atoms in total. The van der Waals surface area contributed by atoms with Crippen molar-refractivity contribution in [2.75, 3.05) is 5.32 Å². The molecule has 0 aromatic heterocycles. The zero-order chi connectivity index (χ0) is 13.7. The van der Waals surface area contributed by atoms with Gasteiger partial charge < -0.3 is 15.7 Å². The minimum atomic E-state index is -1.05. The summed E-state index contributed by atoms with van der Waals surface area (Å²) in [5, 5.41) is 13.8. The predicted octanol–water partition coefficient (Wildman–Crippen LogP) is 3.20. The van der Waals surface area contributed by atoms with Crippen LogP contribution in [0.1, 0.15) is 13.3 Å². The molecule has 2 amide bonds. The van der Waals surface area contributed by atoms with Crippen molar-refractivity contribution in [3.05, 3.63) is 27.1 Å². The lowest BCUT2D eigenvalue weighted by Crippen LogP contribution is -2.42. The van der Waals surface area contributed by atoms with E-state index in [1.807, 2.05) is 6.07 Å². The average Bonchev–Trinajstić information content (AvgIpc) is 2.30. The summed E-state index contributed by atoms with van der Waals surface area (Å²) < 4.78 is 1.52. The highest BCUT2D eigenvalue weighted by molar-refractivity contribution is 9.11. The van der Waals surface area contributed by atoms with Gasteiger partial charge in [0.25, 0.3) is 0 Å². The molecular weight excluding hydrogens is 368 g/mol. The average molecular weight is 380 g/mol. The zero-order valence-corrected chi connectivity index (χ0v) is 12.7. The molecule has 7 heteroatoms. The number of carbonyl (C=O) groups excluding carboxylic acids is 1. The summed E-state index contributed by atoms with van der Waals surface area (Å²) in [5.41, 5.74) is 0.558. The minimum absolute atomic E-state index is 0.322. The summed E-state index contributed by atoms with van der Waals surface area (Å²) in [4.78, 5) is 22.4. The van der Waals surface area contributed by atoms with Crippen LogP contribution in [0.4, 0.5) is 10.5 Å². The maximum Gasteiger partial charge on any atom is 0.326 e. The molecule has 18 heavy (non-hydrogen) atoms. The number of carboxylic acid groups (broad SMARTS) is 1. The number of anilines is 1. The van der Waals surface area contributed by atoms with Crippen LogP contribution in [0.3, 0.4) is 0 Å². The first kappa shape index (κ1) is 15.0. The summed E-state index contributed by atoms with van der Waals surface area (Å²) >= 11 is 6.58. The van der Waals surface area contributed by atoms with Gasteiger partial charge in [0.1, 0.15) is 6.04 Å². The van der Waals surface area contributed by atoms with Gasteiger partial charge in [0.2, 0.25) is 0 Å². The predicted molar refractivity (Wildman–Crippen MR) is 75.7 cm³/mol. The Morgan fingerprint density at radius 2 is 2.06 bits per heavy atom. The molecule has 0 saturated heterocycles. The van der Waals surface area contributed by atoms with E-state index in [2.05, 4.69) is 42.5 Å². The van der Waals surface area contributed by atoms with Crippen LogP contribution in [0.2, 0.25) is 0 Å². The topological polar surface area (TPSA) is 78.4 Å². The van der Waals surface area contributed by atoms with Gasteiger partial charge in [-0.15, -0.1) is 0 Å². The molecule has 0 radical (unpaired) electrons. The first-order valence-electron chi connectivity index (χ1n) is 5.19. The van der Waals surface area contributed by atoms with E-state index in [0.717, 1.165) is 4.47 Å². The van der Waals surface area contributed by atoms with E-state index in [-0.39, 0.29) is 0 Å². The lowest BCUT2D eigenvalue weighted by molar-refractivity contribution is -0.139. The van der Waals surface area contributed by atoms with Gasteiger partial charge in [0, 0.05) is 8.95 Å². The molecule has 0 saturated carbocycles. The van der Waals surface area contributed by atoms with Gasteiger partial charge in [-0.1, -0.05) is 22.9 Å². The second kappa shape index (κ2) is 6.75. The molecule has 1 aromatic rings. The lowest BCUT2D eigenvalue weighted by atomic mass is 10.2. The van der Waals surface area contributed by atoms with Crippen molar-refractivity contribution in [1.29, 1.82) is 0 Å². The van der Waals surface area contributed by atoms with Crippen LogP contribution in [0.5, 0.6) is 0 Å². The minimum Gasteiger partial charge on any atom is -0.480 e. The van der Waals surface area contributed by atoms with E-state index >= 15 is 0 Å². The molecule has 0 heterocycles. The van der Waals surface area contributed by atoms with Gasteiger partial charge in [-0.3, -0.25) is 0 Å². The van der Waals surface area contributed by atoms with E-state index in [1.165, 1.54) is 0 Å². The Kier molecular flexibility index (Phi) is 5.61. The number of carbonyl (C=O) groups is 2. The van der Waals surface area contributed by atoms with Crippen molar-refractivity contribution in [2.45, 2.75) is 19.4 Å². The van der Waals surface area contributed by atoms with Gasteiger partial charge in [-0.25, -0.2) is 9.59 Å². The van der Waals surface area contributed by atoms with Crippen LogP contribution in [0.25, 0.3) is 0 Å². The fourth-order valence-electron chi connectivity index (χ4n) is 1.25. The second-order valence-corrected chi connectivity index (χ2v) is 5.29. The van der Waals surface area contributed by atoms with E-state index in [1.54, 1.807) is 19.1 Å². The second-order valence-electron chi connectivity index (χ2n) is 3.52. The quantitative estimate of drug-likeness (QED) is 0.751. The van der Waals surface area contributed by atoms with Crippen LogP contribution in [-0.4, -0.2) is 23.1 Å². The van der Waals surface area contributed by atoms with E-state index < -0.39 is 18.0 Å². The Balaban J connectivity index is 2.70. The Hall–Kier alpha value is -1.08. The van der Waals surface area contributed by atoms with E-state index in [9.17, 15) is 9.59 Å². The number of carboxylic acids is 1. The summed E-state index contributed by atoms with van der Waals surface area (Å²) in [7, 11) is 0. The number of hydrogen-bond donors (Lipinski definition) is 3. The number of halogens is 2. The van der Waals surface area contributed by atoms with Crippen molar-refractivity contribution in [2.24, 2.45) is 0 Å². The highest BCUT2D eigenvalue weighted by Gasteiger charge is 2.17. The van der Waals surface area contributed by atoms with Gasteiger partial charge in [0.15, 0.2) is 0 Å². The van der Waals surface area contributed by atoms with Crippen LogP contribution in [-0.2, 0) is 4.79 Å². The van der Waals surface area contributed by atoms with Crippen LogP contribution in [0, 0.1) is 0 Å². The lowest BCUT2D eigenvalue weighted by Gasteiger charge is -2.14. The fourth-order valence-corrected chi connectivity index (χ4v) is 1.96. The highest BCUT2D eigenvalue weighted by Crippen LogP contribution is 2.25. The van der Waals surface area contributed by atoms with Crippen molar-refractivity contribution < 1.29 is 14.7 Å². The van der Waals surface area contributed by atoms with E-state index in [0.29, 0.717) is 16.6 Å². The molecule has 3 N–H and O–H groups in total. The van der Waals surface area contributed by atoms with Crippen molar-refractivity contribution in [3.63, 3.8) is 0 Å². The van der Waals surface area contributed by atoms with Crippen molar-refractivity contribution in [1.82, 2.24) is 5.32 Å². The molecule has 0 aliphatic heterocycles. The van der Waals surface area contributed by atoms with Gasteiger partial charge in [-0.05, 0) is 40.5 Å². The first-order chi connectivity index (χ1) is 8.43. The van der Waals surface area contributed by atoms with Crippen LogP contribution in [0.15, 0.2) is 27.1 Å². The summed E-state index contributed by atoms with van der Waals surface area (Å²) in [6.07, 6.45) is 0.322. The third-order valence-electron chi connectivity index (χ3n) is 2.19. The molecule has 0 fully saturated rings. The molecule has 0 spiro atoms. The Bertz CT molecular complexity index is 466. The molecule has 0 bridgehead atoms. The Morgan fingerprint density at radius 3 is 2.61 bits per heavy atom. The first-order valence-corrected chi connectivity index (χ1v) is 6.78. The van der Waals surface area contributed by atoms with Gasteiger partial charge in [-0.2, -0.15) is 0 Å². The number of hydrogen-bond acceptors (Lipinski definition) is 2. The number of aliphatic carboxylic acids is 1. The van der Waals surface area contributed by atoms with Gasteiger partial charge in [0.05, 0.1) is 5.69 Å². The third kappa shape index (κ3) is 4.30. The maximum atomic E-state index is 11.6. The summed E-state index contributed by atoms with van der Waals surface area (Å²) in [6, 6.07) is 3.86. The Morgan fingerprint density at radius 1 is 1.39 bits per heavy atom. The number of benzene rings is 1. The fraction of sp³-hybridized carbons (Fsp3) is 0.273. The summed E-state index contributed by atoms with van der Waals surface area (Å²) in [6.45, 7) is 1.69. The van der Waals surface area contributed by atoms with Gasteiger partial charge >= 0.3 is 12.0 Å². The SMILES string of the molecule is CC[C@H](NC(=O)Nc1cc(Br)ccc1Br)C(=O)O. The largest absolute Gasteiger partial charge is 0.480 e. The molecule has 1 atom stereocenters. The van der Waals surface area contributed by atoms with E-state index in [4.69, 9.17) is 5.11 Å². The Labute approximate surface area is 121 Å². The molecule has 0 unspecified atom stereocenters. The normalized spacial score (nSPS) is 11.7. The molecule has 0 aliphatic carbocycles. The van der Waals surface area contributed by atoms with Crippen LogP contribution < -0.4 is 10.6 Å². The van der Waals surface area contributed by atoms with Crippen molar-refractivity contribution in [3.8, 4) is 0 Å². The monoisotopic (exact) mass is 378 g/mol. The third-order valence-corrected chi connectivity index (χ3v) is 3.37. The number of urea groups is 1. The maximum absolute atomic E-state index is 11.6. The molecule has 1 rings (SSSR count). The number of rotatable bonds is 4. The summed E-state index contributed by atoms with van der Waals surface area (Å²) in [5.74, 6) is -1.05. The van der Waals surface area contributed by atoms with Crippen molar-refractivity contribution >= 4 is 49.5 Å². The number of amides is 2. The standard InChI is InChI=1S/C11H12Br2N2O3/c1-2-8(10(16)17)14-11(18)15-9-5-6(12)3-4-7(9)13/h3-5,8H,2H2,1H3,(H,16,17)(H2,14,15,18)/t8-/m0/s1. The molecule has 0 aliphatic rings. The smallest absolute Gasteiger partial charge is 0.326 e. The number of nitrogens with one attached hydrogen (secondary N) is 2. The zero-order valence-electron chi connectivity index (χ0n) is 9.54. The molecular formula is C11H12Br2N2O3. The molecule has 98 valence electrons. The molecule has 1 aromatic carbocycles.